The van der Waals surface area contributed by atoms with Crippen molar-refractivity contribution in [1.29, 1.82) is 0 Å². The summed E-state index contributed by atoms with van der Waals surface area (Å²) in [4.78, 5) is 18.2. The molecule has 2 aromatic carbocycles. The molecule has 0 unspecified atom stereocenters. The number of fused-ring (bicyclic) bond motifs is 2. The second kappa shape index (κ2) is 10.8. The Hall–Kier alpha value is -3.85. The number of carbonyl (C=O) groups is 1. The molecule has 0 atom stereocenters. The summed E-state index contributed by atoms with van der Waals surface area (Å²) in [5, 5.41) is 8.12. The number of pyridine rings is 1. The predicted octanol–water partition coefficient (Wildman–Crippen LogP) is 5.38. The molecule has 0 aliphatic heterocycles. The number of benzene rings is 2. The molecule has 2 N–H and O–H groups in total. The lowest BCUT2D eigenvalue weighted by molar-refractivity contribution is -0.122. The Balaban J connectivity index is 0.000000967. The molecular formula is C27H30FN3O5. The van der Waals surface area contributed by atoms with Gasteiger partial charge in [0.1, 0.15) is 5.75 Å². The number of H-pyrrole nitrogens is 1. The Morgan fingerprint density at radius 3 is 2.56 bits per heavy atom. The topological polar surface area (TPSA) is 96.9 Å². The molecule has 1 aliphatic carbocycles. The van der Waals surface area contributed by atoms with Gasteiger partial charge in [0.05, 0.1) is 19.2 Å². The lowest BCUT2D eigenvalue weighted by Crippen LogP contribution is -2.42. The van der Waals surface area contributed by atoms with Crippen LogP contribution < -0.4 is 14.2 Å². The maximum absolute atomic E-state index is 15.1. The van der Waals surface area contributed by atoms with Crippen molar-refractivity contribution in [2.24, 2.45) is 5.92 Å². The predicted molar refractivity (Wildman–Crippen MR) is 136 cm³/mol. The first kappa shape index (κ1) is 25.2. The number of nitrogens with one attached hydrogen (secondary N) is 1. The maximum Gasteiger partial charge on any atom is 0.290 e. The minimum atomic E-state index is -0.398. The van der Waals surface area contributed by atoms with E-state index in [2.05, 4.69) is 29.0 Å². The number of carboxylic acid groups (broad SMARTS) is 1. The minimum absolute atomic E-state index is 0.161. The van der Waals surface area contributed by atoms with E-state index in [-0.39, 0.29) is 12.2 Å². The lowest BCUT2D eigenvalue weighted by Gasteiger charge is -2.39. The van der Waals surface area contributed by atoms with E-state index in [0.717, 1.165) is 29.4 Å². The molecule has 0 radical (unpaired) electrons. The number of methoxy groups -OCH3 is 1. The monoisotopic (exact) mass is 495 g/mol. The fourth-order valence-corrected chi connectivity index (χ4v) is 4.44. The zero-order valence-electron chi connectivity index (χ0n) is 20.7. The van der Waals surface area contributed by atoms with Crippen LogP contribution >= 0.6 is 0 Å². The van der Waals surface area contributed by atoms with Crippen LogP contribution in [-0.2, 0) is 4.79 Å². The highest BCUT2D eigenvalue weighted by Crippen LogP contribution is 2.39. The van der Waals surface area contributed by atoms with Crippen LogP contribution in [0, 0.1) is 18.7 Å². The van der Waals surface area contributed by atoms with Crippen LogP contribution in [0.25, 0.3) is 21.8 Å². The molecule has 2 aromatic heterocycles. The summed E-state index contributed by atoms with van der Waals surface area (Å²) in [5.74, 6) is 2.05. The number of hydrogen-bond acceptors (Lipinski definition) is 6. The van der Waals surface area contributed by atoms with Crippen molar-refractivity contribution < 1.29 is 28.5 Å². The molecule has 2 heterocycles. The molecule has 4 aromatic rings. The number of aryl methyl sites for hydroxylation is 1. The van der Waals surface area contributed by atoms with Gasteiger partial charge in [0, 0.05) is 40.3 Å². The molecule has 0 spiro atoms. The summed E-state index contributed by atoms with van der Waals surface area (Å²) in [5.41, 5.74) is 2.33. The van der Waals surface area contributed by atoms with Crippen molar-refractivity contribution in [3.63, 3.8) is 0 Å². The maximum atomic E-state index is 15.1. The summed E-state index contributed by atoms with van der Waals surface area (Å²) >= 11 is 0. The van der Waals surface area contributed by atoms with E-state index in [4.69, 9.17) is 24.1 Å². The fraction of sp³-hybridized carbons (Fsp3) is 0.333. The average molecular weight is 496 g/mol. The van der Waals surface area contributed by atoms with E-state index in [9.17, 15) is 0 Å². The van der Waals surface area contributed by atoms with Crippen LogP contribution in [0.5, 0.6) is 23.0 Å². The molecule has 36 heavy (non-hydrogen) atoms. The first-order chi connectivity index (χ1) is 17.3. The van der Waals surface area contributed by atoms with Gasteiger partial charge in [-0.1, -0.05) is 0 Å². The zero-order valence-corrected chi connectivity index (χ0v) is 20.7. The Morgan fingerprint density at radius 2 is 1.86 bits per heavy atom. The van der Waals surface area contributed by atoms with Crippen molar-refractivity contribution >= 4 is 28.3 Å². The summed E-state index contributed by atoms with van der Waals surface area (Å²) < 4.78 is 32.8. The van der Waals surface area contributed by atoms with Crippen LogP contribution in [0.2, 0.25) is 0 Å². The quantitative estimate of drug-likeness (QED) is 0.332. The smallest absolute Gasteiger partial charge is 0.290 e. The number of halogens is 1. The van der Waals surface area contributed by atoms with Gasteiger partial charge < -0.3 is 29.2 Å². The minimum Gasteiger partial charge on any atom is -0.493 e. The molecule has 0 saturated heterocycles. The van der Waals surface area contributed by atoms with E-state index < -0.39 is 5.82 Å². The molecule has 1 saturated carbocycles. The second-order valence-corrected chi connectivity index (χ2v) is 9.09. The molecule has 1 aliphatic rings. The van der Waals surface area contributed by atoms with Crippen LogP contribution in [0.15, 0.2) is 42.6 Å². The van der Waals surface area contributed by atoms with Gasteiger partial charge in [-0.3, -0.25) is 9.78 Å². The fourth-order valence-electron chi connectivity index (χ4n) is 4.44. The first-order valence-corrected chi connectivity index (χ1v) is 11.6. The molecule has 8 nitrogen and oxygen atoms in total. The largest absolute Gasteiger partial charge is 0.493 e. The van der Waals surface area contributed by atoms with Crippen molar-refractivity contribution in [1.82, 2.24) is 14.9 Å². The van der Waals surface area contributed by atoms with Crippen molar-refractivity contribution in [3.8, 4) is 23.0 Å². The van der Waals surface area contributed by atoms with E-state index in [1.807, 2.05) is 25.1 Å². The molecule has 9 heteroatoms. The molecular weight excluding hydrogens is 465 g/mol. The van der Waals surface area contributed by atoms with Crippen LogP contribution in [0.1, 0.15) is 18.5 Å². The van der Waals surface area contributed by atoms with E-state index >= 15 is 4.39 Å². The standard InChI is InChI=1S/C26H28FN3O3.CH2O2/c1-15-9-19-20(29-15)5-6-23(26(19)27)33-22-7-8-28-21-13-25(24(31-4)12-18(21)22)32-14-16-10-17(11-16)30(2)3;2-1-3/h5-9,12-13,16-17,29H,10-11,14H2,1-4H3;1H,(H,2,3). The van der Waals surface area contributed by atoms with Crippen LogP contribution in [0.4, 0.5) is 4.39 Å². The van der Waals surface area contributed by atoms with Gasteiger partial charge in [-0.05, 0) is 70.1 Å². The third kappa shape index (κ3) is 5.21. The molecule has 190 valence electrons. The Kier molecular flexibility index (Phi) is 7.59. The summed E-state index contributed by atoms with van der Waals surface area (Å²) in [6.07, 6.45) is 3.92. The SMILES string of the molecule is COc1cc2c(Oc3ccc4[nH]c(C)cc4c3F)ccnc2cc1OCC1CC(N(C)C)C1.O=CO. The van der Waals surface area contributed by atoms with Gasteiger partial charge in [-0.2, -0.15) is 0 Å². The molecule has 1 fully saturated rings. The van der Waals surface area contributed by atoms with Crippen LogP contribution in [-0.4, -0.2) is 60.3 Å². The number of ether oxygens (including phenoxy) is 3. The Morgan fingerprint density at radius 1 is 1.11 bits per heavy atom. The van der Waals surface area contributed by atoms with Crippen molar-refractivity contribution in [2.75, 3.05) is 27.8 Å². The molecule has 0 amide bonds. The highest BCUT2D eigenvalue weighted by Gasteiger charge is 2.31. The third-order valence-electron chi connectivity index (χ3n) is 6.46. The number of hydrogen-bond donors (Lipinski definition) is 2. The van der Waals surface area contributed by atoms with E-state index in [0.29, 0.717) is 46.7 Å². The van der Waals surface area contributed by atoms with Crippen LogP contribution in [0.3, 0.4) is 0 Å². The summed E-state index contributed by atoms with van der Waals surface area (Å²) in [6.45, 7) is 2.29. The number of aromatic nitrogens is 2. The van der Waals surface area contributed by atoms with Gasteiger partial charge in [0.25, 0.3) is 6.47 Å². The molecule has 0 bridgehead atoms. The summed E-state index contributed by atoms with van der Waals surface area (Å²) in [6, 6.07) is 11.3. The highest BCUT2D eigenvalue weighted by molar-refractivity contribution is 5.89. The van der Waals surface area contributed by atoms with E-state index in [1.165, 1.54) is 0 Å². The second-order valence-electron chi connectivity index (χ2n) is 9.09. The summed E-state index contributed by atoms with van der Waals surface area (Å²) in [7, 11) is 5.84. The number of rotatable bonds is 7. The Bertz CT molecular complexity index is 1360. The molecule has 5 rings (SSSR count). The van der Waals surface area contributed by atoms with Crippen molar-refractivity contribution in [2.45, 2.75) is 25.8 Å². The average Bonchev–Trinajstić information content (AvgIpc) is 3.21. The number of nitrogens with zero attached hydrogens (tertiary/aromatic N) is 2. The lowest BCUT2D eigenvalue weighted by atomic mass is 9.80. The first-order valence-electron chi connectivity index (χ1n) is 11.6. The van der Waals surface area contributed by atoms with Crippen molar-refractivity contribution in [3.05, 3.63) is 54.1 Å². The van der Waals surface area contributed by atoms with Gasteiger partial charge in [-0.15, -0.1) is 0 Å². The number of aromatic amines is 1. The third-order valence-corrected chi connectivity index (χ3v) is 6.46. The Labute approximate surface area is 208 Å². The van der Waals surface area contributed by atoms with Gasteiger partial charge >= 0.3 is 0 Å². The normalized spacial score (nSPS) is 16.8. The van der Waals surface area contributed by atoms with Gasteiger partial charge in [0.15, 0.2) is 23.1 Å². The van der Waals surface area contributed by atoms with Gasteiger partial charge in [-0.25, -0.2) is 4.39 Å². The zero-order chi connectivity index (χ0) is 25.8. The van der Waals surface area contributed by atoms with E-state index in [1.54, 1.807) is 31.5 Å². The van der Waals surface area contributed by atoms with Gasteiger partial charge in [0.2, 0.25) is 0 Å². The highest BCUT2D eigenvalue weighted by atomic mass is 19.1.